The molecule has 1 aliphatic rings. The van der Waals surface area contributed by atoms with Crippen LogP contribution >= 0.6 is 11.8 Å². The van der Waals surface area contributed by atoms with E-state index in [1.54, 1.807) is 0 Å². The molecule has 0 radical (unpaired) electrons. The summed E-state index contributed by atoms with van der Waals surface area (Å²) in [6, 6.07) is 9.79. The maximum Gasteiger partial charge on any atom is 0.422 e. The fraction of sp³-hybridized carbons (Fsp3) is 0.261. The van der Waals surface area contributed by atoms with Gasteiger partial charge < -0.3 is 15.4 Å². The van der Waals surface area contributed by atoms with Crippen LogP contribution in [0.5, 0.6) is 5.75 Å². The third kappa shape index (κ3) is 5.79. The zero-order valence-electron chi connectivity index (χ0n) is 17.8. The minimum atomic E-state index is -4.46. The lowest BCUT2D eigenvalue weighted by molar-refractivity contribution is -0.153. The summed E-state index contributed by atoms with van der Waals surface area (Å²) >= 11 is 1.35. The van der Waals surface area contributed by atoms with E-state index in [-0.39, 0.29) is 33.5 Å². The Hall–Kier alpha value is -3.63. The second-order valence-corrected chi connectivity index (χ2v) is 8.63. The quantitative estimate of drug-likeness (QED) is 0.600. The number of hydrogen-bond donors (Lipinski definition) is 1. The van der Waals surface area contributed by atoms with Crippen molar-refractivity contribution < 1.29 is 17.9 Å². The summed E-state index contributed by atoms with van der Waals surface area (Å²) in [5.41, 5.74) is 8.07. The molecule has 1 unspecified atom stereocenters. The molecular weight excluding hydrogens is 451 g/mol. The molecule has 0 fully saturated rings. The number of halogens is 3. The maximum atomic E-state index is 12.4. The Labute approximate surface area is 193 Å². The Morgan fingerprint density at radius 2 is 1.88 bits per heavy atom. The van der Waals surface area contributed by atoms with Crippen LogP contribution in [0.1, 0.15) is 18.1 Å². The van der Waals surface area contributed by atoms with E-state index >= 15 is 0 Å². The third-order valence-electron chi connectivity index (χ3n) is 4.86. The number of nitrogens with zero attached hydrogens (tertiary/aromatic N) is 4. The summed E-state index contributed by atoms with van der Waals surface area (Å²) < 4.78 is 41.9. The van der Waals surface area contributed by atoms with E-state index < -0.39 is 12.8 Å². The van der Waals surface area contributed by atoms with Crippen molar-refractivity contribution in [1.29, 1.82) is 10.5 Å². The van der Waals surface area contributed by atoms with Gasteiger partial charge in [-0.05, 0) is 42.5 Å². The Morgan fingerprint density at radius 1 is 1.21 bits per heavy atom. The van der Waals surface area contributed by atoms with Crippen molar-refractivity contribution in [2.75, 3.05) is 25.9 Å². The highest BCUT2D eigenvalue weighted by Crippen LogP contribution is 2.39. The van der Waals surface area contributed by atoms with Crippen LogP contribution in [0, 0.1) is 22.7 Å². The van der Waals surface area contributed by atoms with E-state index in [4.69, 9.17) is 10.5 Å². The van der Waals surface area contributed by atoms with Gasteiger partial charge in [0.15, 0.2) is 6.61 Å². The Morgan fingerprint density at radius 3 is 2.42 bits per heavy atom. The van der Waals surface area contributed by atoms with Crippen LogP contribution in [0.2, 0.25) is 0 Å². The van der Waals surface area contributed by atoms with Gasteiger partial charge >= 0.3 is 6.18 Å². The number of anilines is 1. The monoisotopic (exact) mass is 471 g/mol. The van der Waals surface area contributed by atoms with E-state index in [9.17, 15) is 23.7 Å². The first kappa shape index (κ1) is 24.0. The van der Waals surface area contributed by atoms with Crippen molar-refractivity contribution in [3.05, 3.63) is 59.3 Å². The number of likely N-dealkylation sites (N-methyl/N-ethyl adjacent to an activating group) is 1. The number of nitrogens with two attached hydrogens (primary N) is 1. The predicted octanol–water partition coefficient (Wildman–Crippen LogP) is 4.88. The third-order valence-corrected chi connectivity index (χ3v) is 6.00. The first-order chi connectivity index (χ1) is 15.6. The molecule has 1 aliphatic heterocycles. The number of benzene rings is 1. The second-order valence-electron chi connectivity index (χ2n) is 7.30. The molecule has 0 saturated carbocycles. The lowest BCUT2D eigenvalue weighted by Gasteiger charge is -2.21. The number of nitrogen functional groups attached to an aromatic ring is 1. The maximum absolute atomic E-state index is 12.4. The first-order valence-corrected chi connectivity index (χ1v) is 10.7. The van der Waals surface area contributed by atoms with Crippen molar-refractivity contribution in [3.8, 4) is 29.0 Å². The molecule has 0 aliphatic carbocycles. The number of alkyl halides is 3. The van der Waals surface area contributed by atoms with Gasteiger partial charge in [0.1, 0.15) is 34.3 Å². The van der Waals surface area contributed by atoms with Gasteiger partial charge in [-0.2, -0.15) is 23.7 Å². The number of nitriles is 2. The molecule has 2 heterocycles. The molecule has 0 amide bonds. The van der Waals surface area contributed by atoms with Gasteiger partial charge in [-0.15, -0.1) is 0 Å². The van der Waals surface area contributed by atoms with Gasteiger partial charge in [-0.1, -0.05) is 30.0 Å². The molecule has 0 spiro atoms. The summed E-state index contributed by atoms with van der Waals surface area (Å²) in [5.74, 6) is -0.00849. The number of rotatable bonds is 6. The second kappa shape index (κ2) is 9.88. The van der Waals surface area contributed by atoms with Gasteiger partial charge in [0.25, 0.3) is 0 Å². The summed E-state index contributed by atoms with van der Waals surface area (Å²) in [6.07, 6.45) is 1.57. The molecule has 1 aromatic carbocycles. The molecular formula is C23H20F3N5OS. The van der Waals surface area contributed by atoms with Crippen LogP contribution in [0.4, 0.5) is 19.0 Å². The van der Waals surface area contributed by atoms with Crippen molar-refractivity contribution in [2.24, 2.45) is 0 Å². The number of aromatic nitrogens is 1. The van der Waals surface area contributed by atoms with Crippen molar-refractivity contribution in [1.82, 2.24) is 9.88 Å². The molecule has 1 aromatic heterocycles. The lowest BCUT2D eigenvalue weighted by Crippen LogP contribution is -2.19. The highest BCUT2D eigenvalue weighted by Gasteiger charge is 2.28. The molecule has 6 nitrogen and oxygen atoms in total. The summed E-state index contributed by atoms with van der Waals surface area (Å²) in [4.78, 5) is 6.34. The predicted molar refractivity (Wildman–Crippen MR) is 120 cm³/mol. The Kier molecular flexibility index (Phi) is 7.19. The van der Waals surface area contributed by atoms with Gasteiger partial charge in [-0.25, -0.2) is 4.98 Å². The molecule has 3 rings (SSSR count). The van der Waals surface area contributed by atoms with Crippen molar-refractivity contribution in [2.45, 2.75) is 23.4 Å². The largest absolute Gasteiger partial charge is 0.484 e. The molecule has 170 valence electrons. The van der Waals surface area contributed by atoms with E-state index in [1.165, 1.54) is 36.0 Å². The number of allylic oxidation sites excluding steroid dienone is 1. The van der Waals surface area contributed by atoms with Gasteiger partial charge in [-0.3, -0.25) is 0 Å². The van der Waals surface area contributed by atoms with Crippen molar-refractivity contribution >= 4 is 17.6 Å². The molecule has 2 aromatic rings. The number of pyridine rings is 1. The summed E-state index contributed by atoms with van der Waals surface area (Å²) in [6.45, 7) is 1.33. The number of thioether (sulfide) groups is 1. The lowest BCUT2D eigenvalue weighted by atomic mass is 9.97. The highest BCUT2D eigenvalue weighted by atomic mass is 32.2. The first-order valence-electron chi connectivity index (χ1n) is 9.81. The average Bonchev–Trinajstić information content (AvgIpc) is 2.77. The average molecular weight is 472 g/mol. The van der Waals surface area contributed by atoms with Crippen LogP contribution in [-0.4, -0.2) is 41.5 Å². The standard InChI is InChI=1S/C23H20F3N5OS/c1-14(15-7-9-31(2)10-8-15)33-22-19(12-28)20(18(11-27)21(29)30-22)16-3-5-17(6-4-16)32-13-23(24,25)26/h3-9,14H,10,13H2,1-2H3,(H2,29,30). The molecule has 0 bridgehead atoms. The van der Waals surface area contributed by atoms with Crippen molar-refractivity contribution in [3.63, 3.8) is 0 Å². The zero-order chi connectivity index (χ0) is 24.2. The molecule has 33 heavy (non-hydrogen) atoms. The molecule has 0 saturated heterocycles. The Balaban J connectivity index is 1.98. The van der Waals surface area contributed by atoms with E-state index in [1.807, 2.05) is 37.2 Å². The van der Waals surface area contributed by atoms with Gasteiger partial charge in [0, 0.05) is 24.4 Å². The highest BCUT2D eigenvalue weighted by molar-refractivity contribution is 8.00. The van der Waals surface area contributed by atoms with E-state index in [0.29, 0.717) is 10.6 Å². The SMILES string of the molecule is CC(Sc1nc(N)c(C#N)c(-c2ccc(OCC(F)(F)F)cc2)c1C#N)C1=CCN(C)C=C1. The smallest absolute Gasteiger partial charge is 0.422 e. The minimum absolute atomic E-state index is 0.0133. The minimum Gasteiger partial charge on any atom is -0.484 e. The number of ether oxygens (including phenoxy) is 1. The van der Waals surface area contributed by atoms with Gasteiger partial charge in [0.05, 0.1) is 5.56 Å². The fourth-order valence-corrected chi connectivity index (χ4v) is 4.25. The molecule has 10 heteroatoms. The molecule has 2 N–H and O–H groups in total. The van der Waals surface area contributed by atoms with Crippen LogP contribution in [-0.2, 0) is 0 Å². The zero-order valence-corrected chi connectivity index (χ0v) is 18.7. The van der Waals surface area contributed by atoms with Gasteiger partial charge in [0.2, 0.25) is 0 Å². The van der Waals surface area contributed by atoms with Crippen LogP contribution < -0.4 is 10.5 Å². The van der Waals surface area contributed by atoms with E-state index in [0.717, 1.165) is 12.1 Å². The van der Waals surface area contributed by atoms with Crippen LogP contribution in [0.15, 0.2) is 53.2 Å². The summed E-state index contributed by atoms with van der Waals surface area (Å²) in [7, 11) is 1.96. The Bertz CT molecular complexity index is 1180. The summed E-state index contributed by atoms with van der Waals surface area (Å²) in [5, 5.41) is 19.9. The van der Waals surface area contributed by atoms with Crippen LogP contribution in [0.25, 0.3) is 11.1 Å². The number of hydrogen-bond acceptors (Lipinski definition) is 7. The van der Waals surface area contributed by atoms with Crippen LogP contribution in [0.3, 0.4) is 0 Å². The normalized spacial score (nSPS) is 14.3. The topological polar surface area (TPSA) is 99.0 Å². The molecule has 1 atom stereocenters. The fourth-order valence-electron chi connectivity index (χ4n) is 3.18. The van der Waals surface area contributed by atoms with E-state index in [2.05, 4.69) is 17.1 Å².